The Labute approximate surface area is 121 Å². The molecule has 0 aromatic rings. The third kappa shape index (κ3) is 67.0. The molecular formula is C12H22O4Sn. The third-order valence-electron chi connectivity index (χ3n) is 1.36. The predicted molar refractivity (Wildman–Crippen MR) is 66.1 cm³/mol. The van der Waals surface area contributed by atoms with E-state index in [0.29, 0.717) is 12.2 Å². The summed E-state index contributed by atoms with van der Waals surface area (Å²) in [7, 11) is 0. The van der Waals surface area contributed by atoms with Crippen LogP contribution in [0.5, 0.6) is 0 Å². The average Bonchev–Trinajstić information content (AvgIpc) is 2.27. The Morgan fingerprint density at radius 1 is 0.765 bits per heavy atom. The van der Waals surface area contributed by atoms with Crippen molar-refractivity contribution in [2.75, 3.05) is 0 Å². The van der Waals surface area contributed by atoms with Crippen molar-refractivity contribution in [3.63, 3.8) is 0 Å². The van der Waals surface area contributed by atoms with E-state index in [2.05, 4.69) is 27.7 Å². The van der Waals surface area contributed by atoms with Gasteiger partial charge in [-0.1, -0.05) is 53.4 Å². The van der Waals surface area contributed by atoms with Gasteiger partial charge >= 0.3 is 23.9 Å². The van der Waals surface area contributed by atoms with Crippen molar-refractivity contribution in [3.05, 3.63) is 12.2 Å². The summed E-state index contributed by atoms with van der Waals surface area (Å²) >= 11 is 0. The standard InChI is InChI=1S/C4H4O4.2C4H10.Sn/c5-3(6)1-2-4(7)8;2*1-3-4-2;/h1-2H,(H,5,6)(H,7,8);2*3-4H2,1-2H3;/q;;;+2/p-2/b2-1-;;;. The van der Waals surface area contributed by atoms with Crippen LogP contribution in [-0.4, -0.2) is 35.8 Å². The van der Waals surface area contributed by atoms with E-state index < -0.39 is 11.9 Å². The van der Waals surface area contributed by atoms with Crippen LogP contribution < -0.4 is 10.2 Å². The smallest absolute Gasteiger partial charge is 0.545 e. The number of carboxylic acids is 2. The SMILES string of the molecule is CCCC.CCCC.O=C([O-])/C=C\C(=O)[O-].[Sn+2]. The molecule has 17 heavy (non-hydrogen) atoms. The molecule has 0 spiro atoms. The van der Waals surface area contributed by atoms with Crippen molar-refractivity contribution in [3.8, 4) is 0 Å². The maximum Gasteiger partial charge on any atom is 2.00 e. The molecule has 0 heterocycles. The van der Waals surface area contributed by atoms with Crippen LogP contribution in [0.3, 0.4) is 0 Å². The molecule has 0 saturated heterocycles. The molecule has 0 aromatic carbocycles. The summed E-state index contributed by atoms with van der Waals surface area (Å²) in [4.78, 5) is 18.8. The summed E-state index contributed by atoms with van der Waals surface area (Å²) < 4.78 is 0. The molecular weight excluding hydrogens is 327 g/mol. The van der Waals surface area contributed by atoms with Gasteiger partial charge in [-0.05, 0) is 12.2 Å². The van der Waals surface area contributed by atoms with E-state index in [1.165, 1.54) is 25.7 Å². The largest absolute Gasteiger partial charge is 2.00 e. The zero-order chi connectivity index (χ0) is 13.4. The molecule has 0 fully saturated rings. The zero-order valence-corrected chi connectivity index (χ0v) is 14.0. The first-order valence-corrected chi connectivity index (χ1v) is 5.56. The maximum absolute atomic E-state index is 9.41. The Morgan fingerprint density at radius 2 is 0.941 bits per heavy atom. The van der Waals surface area contributed by atoms with Gasteiger partial charge in [0.05, 0.1) is 11.9 Å². The van der Waals surface area contributed by atoms with E-state index in [4.69, 9.17) is 0 Å². The number of carbonyl (C=O) groups excluding carboxylic acids is 2. The second-order valence-corrected chi connectivity index (χ2v) is 2.97. The summed E-state index contributed by atoms with van der Waals surface area (Å²) in [6.45, 7) is 8.72. The van der Waals surface area contributed by atoms with E-state index in [0.717, 1.165) is 0 Å². The fourth-order valence-electron chi connectivity index (χ4n) is 0.136. The third-order valence-corrected chi connectivity index (χ3v) is 1.36. The van der Waals surface area contributed by atoms with Crippen LogP contribution in [0.4, 0.5) is 0 Å². The monoisotopic (exact) mass is 350 g/mol. The van der Waals surface area contributed by atoms with Gasteiger partial charge in [0, 0.05) is 0 Å². The molecule has 0 aliphatic carbocycles. The number of hydrogen-bond acceptors (Lipinski definition) is 4. The van der Waals surface area contributed by atoms with E-state index >= 15 is 0 Å². The summed E-state index contributed by atoms with van der Waals surface area (Å²) in [5, 5.41) is 18.8. The molecule has 5 heteroatoms. The van der Waals surface area contributed by atoms with Crippen molar-refractivity contribution < 1.29 is 19.8 Å². The van der Waals surface area contributed by atoms with Gasteiger partial charge in [-0.15, -0.1) is 0 Å². The molecule has 0 aliphatic rings. The van der Waals surface area contributed by atoms with Crippen molar-refractivity contribution in [1.82, 2.24) is 0 Å². The number of hydrogen-bond donors (Lipinski definition) is 0. The normalized spacial score (nSPS) is 8.00. The van der Waals surface area contributed by atoms with E-state index in [-0.39, 0.29) is 23.9 Å². The zero-order valence-electron chi connectivity index (χ0n) is 11.1. The molecule has 0 N–H and O–H groups in total. The first kappa shape index (κ1) is 25.4. The Bertz CT molecular complexity index is 167. The molecule has 0 bridgehead atoms. The van der Waals surface area contributed by atoms with Crippen LogP contribution in [0.1, 0.15) is 53.4 Å². The molecule has 0 rings (SSSR count). The topological polar surface area (TPSA) is 80.3 Å². The van der Waals surface area contributed by atoms with E-state index in [1.807, 2.05) is 0 Å². The van der Waals surface area contributed by atoms with Gasteiger partial charge in [0.25, 0.3) is 0 Å². The molecule has 0 aromatic heterocycles. The van der Waals surface area contributed by atoms with Gasteiger partial charge in [0.1, 0.15) is 0 Å². The second kappa shape index (κ2) is 24.6. The predicted octanol–water partition coefficient (Wildman–Crippen LogP) is 0.274. The van der Waals surface area contributed by atoms with E-state index in [1.54, 1.807) is 0 Å². The minimum atomic E-state index is -1.55. The van der Waals surface area contributed by atoms with Gasteiger partial charge < -0.3 is 19.8 Å². The molecule has 98 valence electrons. The Kier molecular flexibility index (Phi) is 36.7. The van der Waals surface area contributed by atoms with Gasteiger partial charge in [0.2, 0.25) is 0 Å². The number of rotatable bonds is 4. The van der Waals surface area contributed by atoms with Crippen molar-refractivity contribution in [1.29, 1.82) is 0 Å². The molecule has 0 aliphatic heterocycles. The molecule has 0 saturated carbocycles. The number of aliphatic carboxylic acids is 2. The molecule has 0 amide bonds. The maximum atomic E-state index is 9.41. The van der Waals surface area contributed by atoms with Crippen LogP contribution >= 0.6 is 0 Å². The molecule has 0 unspecified atom stereocenters. The minimum absolute atomic E-state index is 0. The Balaban J connectivity index is -0.0000000806. The van der Waals surface area contributed by atoms with Gasteiger partial charge in [-0.2, -0.15) is 0 Å². The first-order chi connectivity index (χ1) is 7.45. The van der Waals surface area contributed by atoms with Crippen LogP contribution in [0.2, 0.25) is 0 Å². The van der Waals surface area contributed by atoms with Crippen LogP contribution in [-0.2, 0) is 9.59 Å². The van der Waals surface area contributed by atoms with Crippen LogP contribution in [0, 0.1) is 0 Å². The van der Waals surface area contributed by atoms with Gasteiger partial charge in [-0.3, -0.25) is 0 Å². The minimum Gasteiger partial charge on any atom is -0.545 e. The quantitative estimate of drug-likeness (QED) is 0.539. The van der Waals surface area contributed by atoms with Crippen LogP contribution in [0.15, 0.2) is 12.2 Å². The number of carboxylic acid groups (broad SMARTS) is 2. The Hall–Kier alpha value is -0.521. The fourth-order valence-corrected chi connectivity index (χ4v) is 0.136. The van der Waals surface area contributed by atoms with Crippen LogP contribution in [0.25, 0.3) is 0 Å². The van der Waals surface area contributed by atoms with Crippen molar-refractivity contribution in [2.45, 2.75) is 53.4 Å². The average molecular weight is 349 g/mol. The first-order valence-electron chi connectivity index (χ1n) is 5.56. The summed E-state index contributed by atoms with van der Waals surface area (Å²) in [5.41, 5.74) is 0. The van der Waals surface area contributed by atoms with Gasteiger partial charge in [0.15, 0.2) is 0 Å². The molecule has 0 atom stereocenters. The molecule has 4 nitrogen and oxygen atoms in total. The number of carbonyl (C=O) groups is 2. The summed E-state index contributed by atoms with van der Waals surface area (Å²) in [6, 6.07) is 0. The van der Waals surface area contributed by atoms with E-state index in [9.17, 15) is 19.8 Å². The van der Waals surface area contributed by atoms with Gasteiger partial charge in [-0.25, -0.2) is 0 Å². The summed E-state index contributed by atoms with van der Waals surface area (Å²) in [5.74, 6) is -3.09. The molecule has 2 radical (unpaired) electrons. The second-order valence-electron chi connectivity index (χ2n) is 2.97. The van der Waals surface area contributed by atoms with Crippen molar-refractivity contribution >= 4 is 35.8 Å². The number of unbranched alkanes of at least 4 members (excludes halogenated alkanes) is 2. The van der Waals surface area contributed by atoms with Crippen molar-refractivity contribution in [2.24, 2.45) is 0 Å². The fraction of sp³-hybridized carbons (Fsp3) is 0.667. The summed E-state index contributed by atoms with van der Waals surface area (Å²) in [6.07, 6.45) is 6.05. The Morgan fingerprint density at radius 3 is 1.00 bits per heavy atom.